The van der Waals surface area contributed by atoms with Gasteiger partial charge in [-0.3, -0.25) is 0 Å². The maximum atomic E-state index is 6.91. The average Bonchev–Trinajstić information content (AvgIpc) is 3.22. The Morgan fingerprint density at radius 3 is 2.59 bits per heavy atom. The molecule has 0 radical (unpaired) electrons. The summed E-state index contributed by atoms with van der Waals surface area (Å²) in [6.07, 6.45) is 16.5. The SMILES string of the molecule is CC(C)(C)[Si](C)(C)O[C@H]1C=C(CCCC2OCCO2)[C@]23CC[C@](C)(C=C[C@@H]2C1)C3. The summed E-state index contributed by atoms with van der Waals surface area (Å²) in [7, 11) is -1.78. The first-order valence-corrected chi connectivity index (χ1v) is 14.8. The molecule has 3 aliphatic carbocycles. The molecule has 1 saturated heterocycles. The van der Waals surface area contributed by atoms with Gasteiger partial charge in [-0.2, -0.15) is 0 Å². The molecule has 0 aromatic carbocycles. The van der Waals surface area contributed by atoms with Gasteiger partial charge in [0.2, 0.25) is 0 Å². The van der Waals surface area contributed by atoms with Gasteiger partial charge in [0.25, 0.3) is 0 Å². The Bertz CT molecular complexity index is 670. The highest BCUT2D eigenvalue weighted by molar-refractivity contribution is 6.74. The number of ether oxygens (including phenoxy) is 2. The minimum Gasteiger partial charge on any atom is -0.411 e. The quantitative estimate of drug-likeness (QED) is 0.359. The van der Waals surface area contributed by atoms with E-state index in [1.165, 1.54) is 25.7 Å². The predicted octanol–water partition coefficient (Wildman–Crippen LogP) is 6.61. The molecule has 4 heteroatoms. The lowest BCUT2D eigenvalue weighted by Crippen LogP contribution is -2.47. The van der Waals surface area contributed by atoms with Crippen molar-refractivity contribution >= 4 is 8.32 Å². The molecule has 0 aromatic heterocycles. The maximum Gasteiger partial charge on any atom is 0.192 e. The van der Waals surface area contributed by atoms with Crippen molar-refractivity contribution < 1.29 is 13.9 Å². The molecule has 0 aromatic rings. The Morgan fingerprint density at radius 1 is 1.17 bits per heavy atom. The molecule has 3 nitrogen and oxygen atoms in total. The van der Waals surface area contributed by atoms with Gasteiger partial charge in [-0.05, 0) is 79.8 Å². The summed E-state index contributed by atoms with van der Waals surface area (Å²) in [5, 5.41) is 0.252. The van der Waals surface area contributed by atoms with Gasteiger partial charge < -0.3 is 13.9 Å². The van der Waals surface area contributed by atoms with Crippen molar-refractivity contribution in [3.05, 3.63) is 23.8 Å². The first-order valence-electron chi connectivity index (χ1n) is 11.8. The smallest absolute Gasteiger partial charge is 0.192 e. The first-order chi connectivity index (χ1) is 13.5. The number of fused-ring (bicyclic) bond motifs is 1. The van der Waals surface area contributed by atoms with Crippen LogP contribution in [0, 0.1) is 16.7 Å². The van der Waals surface area contributed by atoms with Gasteiger partial charge >= 0.3 is 0 Å². The molecule has 4 atom stereocenters. The van der Waals surface area contributed by atoms with Crippen molar-refractivity contribution in [2.75, 3.05) is 13.2 Å². The van der Waals surface area contributed by atoms with E-state index in [0.717, 1.165) is 32.5 Å². The summed E-state index contributed by atoms with van der Waals surface area (Å²) < 4.78 is 18.3. The fourth-order valence-electron chi connectivity index (χ4n) is 5.93. The molecule has 1 heterocycles. The van der Waals surface area contributed by atoms with Crippen molar-refractivity contribution in [2.24, 2.45) is 16.7 Å². The van der Waals surface area contributed by atoms with E-state index in [-0.39, 0.29) is 17.4 Å². The van der Waals surface area contributed by atoms with Crippen LogP contribution in [0.2, 0.25) is 18.1 Å². The minimum absolute atomic E-state index is 0.0202. The van der Waals surface area contributed by atoms with Gasteiger partial charge in [0.05, 0.1) is 19.3 Å². The van der Waals surface area contributed by atoms with Crippen LogP contribution in [-0.2, 0) is 13.9 Å². The van der Waals surface area contributed by atoms with E-state index in [1.54, 1.807) is 5.57 Å². The summed E-state index contributed by atoms with van der Waals surface area (Å²) >= 11 is 0. The van der Waals surface area contributed by atoms with E-state index in [4.69, 9.17) is 13.9 Å². The van der Waals surface area contributed by atoms with Crippen LogP contribution >= 0.6 is 0 Å². The number of allylic oxidation sites excluding steroid dienone is 3. The second-order valence-corrected chi connectivity index (χ2v) is 16.6. The van der Waals surface area contributed by atoms with Crippen molar-refractivity contribution in [1.82, 2.24) is 0 Å². The molecule has 0 amide bonds. The van der Waals surface area contributed by atoms with E-state index >= 15 is 0 Å². The third-order valence-corrected chi connectivity index (χ3v) is 13.1. The zero-order valence-electron chi connectivity index (χ0n) is 19.6. The van der Waals surface area contributed by atoms with Gasteiger partial charge in [-0.25, -0.2) is 0 Å². The van der Waals surface area contributed by atoms with Crippen LogP contribution < -0.4 is 0 Å². The molecular formula is C25H42O3Si. The minimum atomic E-state index is -1.78. The molecule has 4 aliphatic rings. The zero-order chi connectivity index (χ0) is 20.9. The first kappa shape index (κ1) is 21.8. The molecule has 0 N–H and O–H groups in total. The van der Waals surface area contributed by atoms with E-state index in [1.807, 2.05) is 0 Å². The summed E-state index contributed by atoms with van der Waals surface area (Å²) in [4.78, 5) is 0. The number of hydrogen-bond acceptors (Lipinski definition) is 3. The van der Waals surface area contributed by atoms with Crippen LogP contribution in [0.3, 0.4) is 0 Å². The summed E-state index contributed by atoms with van der Waals surface area (Å²) in [5.74, 6) is 0.645. The second kappa shape index (κ2) is 7.61. The van der Waals surface area contributed by atoms with Crippen LogP contribution in [0.4, 0.5) is 0 Å². The molecular weight excluding hydrogens is 376 g/mol. The van der Waals surface area contributed by atoms with Gasteiger partial charge in [-0.1, -0.05) is 51.5 Å². The zero-order valence-corrected chi connectivity index (χ0v) is 20.6. The average molecular weight is 419 g/mol. The fourth-order valence-corrected chi connectivity index (χ4v) is 7.20. The Kier molecular flexibility index (Phi) is 5.72. The number of hydrogen-bond donors (Lipinski definition) is 0. The third kappa shape index (κ3) is 4.20. The monoisotopic (exact) mass is 418 g/mol. The van der Waals surface area contributed by atoms with Crippen LogP contribution in [0.25, 0.3) is 0 Å². The molecule has 1 aliphatic heterocycles. The molecule has 2 fully saturated rings. The van der Waals surface area contributed by atoms with E-state index in [2.05, 4.69) is 59.0 Å². The number of rotatable bonds is 6. The Morgan fingerprint density at radius 2 is 1.90 bits per heavy atom. The summed E-state index contributed by atoms with van der Waals surface area (Å²) in [6.45, 7) is 15.8. The van der Waals surface area contributed by atoms with E-state index in [0.29, 0.717) is 16.7 Å². The lowest BCUT2D eigenvalue weighted by molar-refractivity contribution is -0.0479. The van der Waals surface area contributed by atoms with Crippen molar-refractivity contribution in [1.29, 1.82) is 0 Å². The summed E-state index contributed by atoms with van der Waals surface area (Å²) in [5.41, 5.74) is 2.47. The highest BCUT2D eigenvalue weighted by atomic mass is 28.4. The molecule has 0 unspecified atom stereocenters. The van der Waals surface area contributed by atoms with Gasteiger partial charge in [0.15, 0.2) is 14.6 Å². The lowest BCUT2D eigenvalue weighted by Gasteiger charge is -2.49. The predicted molar refractivity (Wildman–Crippen MR) is 121 cm³/mol. The van der Waals surface area contributed by atoms with Crippen molar-refractivity contribution in [3.63, 3.8) is 0 Å². The standard InChI is InChI=1S/C25H42O3Si/c1-23(2,3)29(5,6)28-21-16-19(8-7-9-22-26-14-15-27-22)25-13-12-24(4,18-25)11-10-20(25)17-21/h10-11,16,20-22H,7-9,12-15,17-18H2,1-6H3/t20-,21+,24+,25-/m1/s1. The van der Waals surface area contributed by atoms with Crippen LogP contribution in [0.5, 0.6) is 0 Å². The van der Waals surface area contributed by atoms with Crippen LogP contribution in [0.15, 0.2) is 23.8 Å². The second-order valence-electron chi connectivity index (χ2n) is 11.9. The van der Waals surface area contributed by atoms with Gasteiger partial charge in [0.1, 0.15) is 0 Å². The fraction of sp³-hybridized carbons (Fsp3) is 0.840. The van der Waals surface area contributed by atoms with Crippen LogP contribution in [0.1, 0.15) is 72.6 Å². The Labute approximate surface area is 179 Å². The Balaban J connectivity index is 1.54. The highest BCUT2D eigenvalue weighted by Crippen LogP contribution is 2.64. The molecule has 1 spiro atoms. The maximum absolute atomic E-state index is 6.91. The largest absolute Gasteiger partial charge is 0.411 e. The Hall–Kier alpha value is -0.423. The molecule has 2 bridgehead atoms. The molecule has 4 rings (SSSR count). The normalized spacial score (nSPS) is 37.7. The van der Waals surface area contributed by atoms with Crippen molar-refractivity contribution in [3.8, 4) is 0 Å². The van der Waals surface area contributed by atoms with Gasteiger partial charge in [0, 0.05) is 0 Å². The van der Waals surface area contributed by atoms with E-state index < -0.39 is 8.32 Å². The molecule has 164 valence electrons. The van der Waals surface area contributed by atoms with Gasteiger partial charge in [-0.15, -0.1) is 0 Å². The van der Waals surface area contributed by atoms with Crippen molar-refractivity contribution in [2.45, 2.75) is 103 Å². The third-order valence-electron chi connectivity index (χ3n) is 8.64. The molecule has 29 heavy (non-hydrogen) atoms. The van der Waals surface area contributed by atoms with Crippen LogP contribution in [-0.4, -0.2) is 33.9 Å². The molecule has 1 saturated carbocycles. The topological polar surface area (TPSA) is 27.7 Å². The lowest BCUT2D eigenvalue weighted by atomic mass is 9.59. The van der Waals surface area contributed by atoms with E-state index in [9.17, 15) is 0 Å². The highest BCUT2D eigenvalue weighted by Gasteiger charge is 2.55. The summed E-state index contributed by atoms with van der Waals surface area (Å²) in [6, 6.07) is 0.